The van der Waals surface area contributed by atoms with Gasteiger partial charge in [0, 0.05) is 0 Å². The minimum atomic E-state index is -0.669. The molecule has 2 rings (SSSR count). The summed E-state index contributed by atoms with van der Waals surface area (Å²) < 4.78 is 0. The minimum Gasteiger partial charge on any atom is -0.481 e. The highest BCUT2D eigenvalue weighted by molar-refractivity contribution is 5.71. The summed E-state index contributed by atoms with van der Waals surface area (Å²) in [6, 6.07) is 8.18. The number of carboxylic acids is 1. The molecule has 2 nitrogen and oxygen atoms in total. The second kappa shape index (κ2) is 3.37. The van der Waals surface area contributed by atoms with E-state index in [9.17, 15) is 4.79 Å². The van der Waals surface area contributed by atoms with Gasteiger partial charge in [0.25, 0.3) is 0 Å². The van der Waals surface area contributed by atoms with Gasteiger partial charge in [-0.25, -0.2) is 0 Å². The largest absolute Gasteiger partial charge is 0.481 e. The van der Waals surface area contributed by atoms with Gasteiger partial charge >= 0.3 is 5.97 Å². The zero-order chi connectivity index (χ0) is 11.1. The van der Waals surface area contributed by atoms with Crippen LogP contribution in [0.4, 0.5) is 0 Å². The Hall–Kier alpha value is -1.31. The van der Waals surface area contributed by atoms with Gasteiger partial charge in [-0.05, 0) is 29.4 Å². The Morgan fingerprint density at radius 2 is 2.07 bits per heavy atom. The molecular formula is C13H16O2. The number of benzene rings is 1. The van der Waals surface area contributed by atoms with Crippen molar-refractivity contribution < 1.29 is 9.90 Å². The highest BCUT2D eigenvalue weighted by atomic mass is 16.4. The SMILES string of the molecule is CC1(C)CC(C(=O)O)Cc2ccccc21. The molecule has 0 bridgehead atoms. The maximum Gasteiger partial charge on any atom is 0.306 e. The average molecular weight is 204 g/mol. The lowest BCUT2D eigenvalue weighted by molar-refractivity contribution is -0.142. The van der Waals surface area contributed by atoms with Gasteiger partial charge in [-0.2, -0.15) is 0 Å². The number of fused-ring (bicyclic) bond motifs is 1. The molecule has 1 atom stereocenters. The molecule has 0 fully saturated rings. The number of aliphatic carboxylic acids is 1. The molecule has 1 aliphatic carbocycles. The Kier molecular flexibility index (Phi) is 2.29. The van der Waals surface area contributed by atoms with Crippen molar-refractivity contribution >= 4 is 5.97 Å². The monoisotopic (exact) mass is 204 g/mol. The van der Waals surface area contributed by atoms with Gasteiger partial charge in [0.1, 0.15) is 0 Å². The lowest BCUT2D eigenvalue weighted by atomic mass is 9.68. The molecule has 0 aromatic heterocycles. The molecule has 1 aliphatic rings. The van der Waals surface area contributed by atoms with E-state index in [0.717, 1.165) is 6.42 Å². The molecular weight excluding hydrogens is 188 g/mol. The van der Waals surface area contributed by atoms with Crippen molar-refractivity contribution in [1.29, 1.82) is 0 Å². The van der Waals surface area contributed by atoms with Gasteiger partial charge in [-0.15, -0.1) is 0 Å². The molecule has 0 radical (unpaired) electrons. The molecule has 1 N–H and O–H groups in total. The smallest absolute Gasteiger partial charge is 0.306 e. The third-order valence-corrected chi connectivity index (χ3v) is 3.32. The Bertz CT molecular complexity index is 393. The van der Waals surface area contributed by atoms with E-state index in [0.29, 0.717) is 6.42 Å². The first kappa shape index (κ1) is 10.2. The fourth-order valence-corrected chi connectivity index (χ4v) is 2.60. The van der Waals surface area contributed by atoms with E-state index in [4.69, 9.17) is 5.11 Å². The third kappa shape index (κ3) is 1.76. The lowest BCUT2D eigenvalue weighted by Gasteiger charge is -2.35. The lowest BCUT2D eigenvalue weighted by Crippen LogP contribution is -2.33. The van der Waals surface area contributed by atoms with Crippen molar-refractivity contribution in [2.45, 2.75) is 32.1 Å². The summed E-state index contributed by atoms with van der Waals surface area (Å²) in [6.45, 7) is 4.25. The molecule has 0 heterocycles. The van der Waals surface area contributed by atoms with Gasteiger partial charge < -0.3 is 5.11 Å². The molecule has 0 spiro atoms. The standard InChI is InChI=1S/C13H16O2/c1-13(2)8-10(12(14)15)7-9-5-3-4-6-11(9)13/h3-6,10H,7-8H2,1-2H3,(H,14,15). The van der Waals surface area contributed by atoms with Crippen LogP contribution in [0.25, 0.3) is 0 Å². The Balaban J connectivity index is 2.43. The van der Waals surface area contributed by atoms with Crippen LogP contribution in [0.3, 0.4) is 0 Å². The fraction of sp³-hybridized carbons (Fsp3) is 0.462. The highest BCUT2D eigenvalue weighted by Gasteiger charge is 2.35. The molecule has 1 unspecified atom stereocenters. The van der Waals surface area contributed by atoms with E-state index in [2.05, 4.69) is 19.9 Å². The summed E-state index contributed by atoms with van der Waals surface area (Å²) in [5, 5.41) is 9.10. The molecule has 1 aromatic carbocycles. The van der Waals surface area contributed by atoms with E-state index >= 15 is 0 Å². The number of carbonyl (C=O) groups is 1. The summed E-state index contributed by atoms with van der Waals surface area (Å²) in [5.41, 5.74) is 2.49. The first-order chi connectivity index (χ1) is 7.00. The van der Waals surface area contributed by atoms with Crippen molar-refractivity contribution in [1.82, 2.24) is 0 Å². The number of rotatable bonds is 1. The van der Waals surface area contributed by atoms with E-state index in [1.807, 2.05) is 18.2 Å². The maximum absolute atomic E-state index is 11.1. The minimum absolute atomic E-state index is 0.0160. The molecule has 2 heteroatoms. The second-order valence-electron chi connectivity index (χ2n) is 4.98. The Morgan fingerprint density at radius 1 is 1.40 bits per heavy atom. The van der Waals surface area contributed by atoms with Gasteiger partial charge in [-0.1, -0.05) is 38.1 Å². The van der Waals surface area contributed by atoms with E-state index in [-0.39, 0.29) is 11.3 Å². The number of carboxylic acid groups (broad SMARTS) is 1. The normalized spacial score (nSPS) is 23.2. The Morgan fingerprint density at radius 3 is 2.73 bits per heavy atom. The topological polar surface area (TPSA) is 37.3 Å². The summed E-state index contributed by atoms with van der Waals surface area (Å²) in [4.78, 5) is 11.1. The van der Waals surface area contributed by atoms with E-state index in [1.54, 1.807) is 0 Å². The average Bonchev–Trinajstić information content (AvgIpc) is 2.16. The van der Waals surface area contributed by atoms with Crippen molar-refractivity contribution in [2.24, 2.45) is 5.92 Å². The summed E-state index contributed by atoms with van der Waals surface area (Å²) >= 11 is 0. The summed E-state index contributed by atoms with van der Waals surface area (Å²) in [6.07, 6.45) is 1.41. The van der Waals surface area contributed by atoms with Crippen LogP contribution >= 0.6 is 0 Å². The van der Waals surface area contributed by atoms with Crippen molar-refractivity contribution in [3.63, 3.8) is 0 Å². The number of hydrogen-bond donors (Lipinski definition) is 1. The van der Waals surface area contributed by atoms with Crippen LogP contribution in [-0.4, -0.2) is 11.1 Å². The molecule has 15 heavy (non-hydrogen) atoms. The molecule has 0 saturated heterocycles. The molecule has 1 aromatic rings. The molecule has 80 valence electrons. The van der Waals surface area contributed by atoms with Gasteiger partial charge in [0.05, 0.1) is 5.92 Å². The highest BCUT2D eigenvalue weighted by Crippen LogP contribution is 2.39. The first-order valence-corrected chi connectivity index (χ1v) is 5.32. The van der Waals surface area contributed by atoms with Crippen LogP contribution < -0.4 is 0 Å². The fourth-order valence-electron chi connectivity index (χ4n) is 2.60. The molecule has 0 saturated carbocycles. The van der Waals surface area contributed by atoms with Crippen molar-refractivity contribution in [2.75, 3.05) is 0 Å². The van der Waals surface area contributed by atoms with Gasteiger partial charge in [0.15, 0.2) is 0 Å². The van der Waals surface area contributed by atoms with E-state index < -0.39 is 5.97 Å². The molecule has 0 amide bonds. The first-order valence-electron chi connectivity index (χ1n) is 5.32. The third-order valence-electron chi connectivity index (χ3n) is 3.32. The van der Waals surface area contributed by atoms with Crippen LogP contribution in [0, 0.1) is 5.92 Å². The van der Waals surface area contributed by atoms with Crippen LogP contribution in [-0.2, 0) is 16.6 Å². The van der Waals surface area contributed by atoms with Crippen molar-refractivity contribution in [3.05, 3.63) is 35.4 Å². The quantitative estimate of drug-likeness (QED) is 0.763. The van der Waals surface area contributed by atoms with Gasteiger partial charge in [-0.3, -0.25) is 4.79 Å². The van der Waals surface area contributed by atoms with Crippen LogP contribution in [0.15, 0.2) is 24.3 Å². The summed E-state index contributed by atoms with van der Waals surface area (Å²) in [5.74, 6) is -0.896. The second-order valence-corrected chi connectivity index (χ2v) is 4.98. The zero-order valence-electron chi connectivity index (χ0n) is 9.16. The zero-order valence-corrected chi connectivity index (χ0v) is 9.16. The van der Waals surface area contributed by atoms with E-state index in [1.165, 1.54) is 11.1 Å². The predicted molar refractivity (Wildman–Crippen MR) is 58.9 cm³/mol. The van der Waals surface area contributed by atoms with Crippen LogP contribution in [0.2, 0.25) is 0 Å². The summed E-state index contributed by atoms with van der Waals surface area (Å²) in [7, 11) is 0. The predicted octanol–water partition coefficient (Wildman–Crippen LogP) is 2.61. The number of hydrogen-bond acceptors (Lipinski definition) is 1. The van der Waals surface area contributed by atoms with Crippen LogP contribution in [0.1, 0.15) is 31.4 Å². The maximum atomic E-state index is 11.1. The van der Waals surface area contributed by atoms with Crippen LogP contribution in [0.5, 0.6) is 0 Å². The molecule has 0 aliphatic heterocycles. The Labute approximate surface area is 89.9 Å². The van der Waals surface area contributed by atoms with Crippen molar-refractivity contribution in [3.8, 4) is 0 Å². The van der Waals surface area contributed by atoms with Gasteiger partial charge in [0.2, 0.25) is 0 Å².